The largest absolute Gasteiger partial charge is 0.464 e. The van der Waals surface area contributed by atoms with Crippen molar-refractivity contribution in [2.24, 2.45) is 11.8 Å². The third kappa shape index (κ3) is 8.51. The van der Waals surface area contributed by atoms with Crippen LogP contribution >= 0.6 is 11.3 Å². The van der Waals surface area contributed by atoms with E-state index in [1.165, 1.54) is 25.2 Å². The first kappa shape index (κ1) is 45.5. The Morgan fingerprint density at radius 2 is 1.39 bits per heavy atom. The zero-order valence-electron chi connectivity index (χ0n) is 38.6. The summed E-state index contributed by atoms with van der Waals surface area (Å²) in [6.45, 7) is 10.7. The Hall–Kier alpha value is -6.69. The number of carbonyl (C=O) groups excluding carboxylic acids is 4. The normalized spacial score (nSPS) is 18.7. The maximum atomic E-state index is 16.9. The van der Waals surface area contributed by atoms with Crippen molar-refractivity contribution in [1.29, 1.82) is 0 Å². The first-order valence-corrected chi connectivity index (χ1v) is 23.7. The Balaban J connectivity index is 1.03. The monoisotopic (exact) mass is 933 g/mol. The molecule has 4 aromatic heterocycles. The van der Waals surface area contributed by atoms with E-state index in [1.807, 2.05) is 52.0 Å². The second-order valence-electron chi connectivity index (χ2n) is 18.1. The summed E-state index contributed by atoms with van der Waals surface area (Å²) < 4.78 is 35.3. The van der Waals surface area contributed by atoms with E-state index in [0.29, 0.717) is 59.4 Å². The molecule has 0 saturated carbocycles. The van der Waals surface area contributed by atoms with Gasteiger partial charge in [-0.1, -0.05) is 40.7 Å². The molecule has 7 heterocycles. The topological polar surface area (TPSA) is 189 Å². The molecule has 2 fully saturated rings. The van der Waals surface area contributed by atoms with Crippen LogP contribution in [0.25, 0.3) is 44.7 Å². The minimum atomic E-state index is -0.769. The number of imidazole rings is 2. The minimum Gasteiger partial charge on any atom is -0.464 e. The SMILES string of the molecule is CCc1ccc(C2Oc3cc(-c4cnc([C@@H]5CCCN5C(=O)[C@@H](NC(=O)OC)C(C)C)[nH]4)cc(F)c3-c3cc4cc(-c5cnc([C@@H]6CCCN6C(=O)[C@@H](NC(=O)OC)C(C)C)[nH]5)ccc4n32)s1. The molecule has 0 aliphatic carbocycles. The van der Waals surface area contributed by atoms with Crippen LogP contribution in [0.2, 0.25) is 0 Å². The average Bonchev–Trinajstić information content (AvgIpc) is 4.18. The number of carbonyl (C=O) groups is 4. The quantitative estimate of drug-likeness (QED) is 0.0929. The van der Waals surface area contributed by atoms with Gasteiger partial charge in [0.05, 0.1) is 71.7 Å². The second-order valence-corrected chi connectivity index (χ2v) is 19.3. The number of aryl methyl sites for hydroxylation is 1. The number of aromatic nitrogens is 5. The van der Waals surface area contributed by atoms with E-state index in [0.717, 1.165) is 52.7 Å². The Morgan fingerprint density at radius 3 is 1.93 bits per heavy atom. The number of H-pyrrole nitrogens is 2. The minimum absolute atomic E-state index is 0.151. The molecule has 4 N–H and O–H groups in total. The van der Waals surface area contributed by atoms with Crippen molar-refractivity contribution in [3.05, 3.63) is 88.1 Å². The smallest absolute Gasteiger partial charge is 0.407 e. The van der Waals surface area contributed by atoms with E-state index >= 15 is 4.39 Å². The van der Waals surface area contributed by atoms with E-state index in [4.69, 9.17) is 24.2 Å². The number of hydrogen-bond donors (Lipinski definition) is 4. The van der Waals surface area contributed by atoms with Crippen LogP contribution in [0.4, 0.5) is 14.0 Å². The van der Waals surface area contributed by atoms with Crippen molar-refractivity contribution in [1.82, 2.24) is 44.9 Å². The molecule has 3 aliphatic heterocycles. The average molecular weight is 934 g/mol. The summed E-state index contributed by atoms with van der Waals surface area (Å²) in [6.07, 6.45) is 5.35. The fraction of sp³-hybridized carbons (Fsp3) is 0.429. The third-order valence-corrected chi connectivity index (χ3v) is 14.5. The van der Waals surface area contributed by atoms with Crippen LogP contribution in [-0.2, 0) is 25.5 Å². The van der Waals surface area contributed by atoms with Gasteiger partial charge >= 0.3 is 12.2 Å². The van der Waals surface area contributed by atoms with E-state index in [1.54, 1.807) is 33.5 Å². The highest BCUT2D eigenvalue weighted by Gasteiger charge is 2.40. The standard InChI is InChI=1S/C49H56FN9O7S/c1-8-30-14-16-39(67-30)47-59-34-15-13-27(32-23-51-43(53-32)35-11-9-17-57(35)45(60)41(25(2)3)55-48(62)64-6)19-29(34)21-37(59)40-31(50)20-28(22-38(40)66-47)33-24-52-44(54-33)36-12-10-18-58(36)46(61)42(26(4)5)56-49(63)65-7/h13-16,19-26,35-36,41-42,47H,8-12,17-18H2,1-7H3,(H,51,53)(H,52,54)(H,55,62)(H,56,63)/t35-,36-,41-,42-,47?/m0/s1. The van der Waals surface area contributed by atoms with Crippen LogP contribution in [0.1, 0.15) is 100 Å². The van der Waals surface area contributed by atoms with Crippen molar-refractivity contribution >= 4 is 46.2 Å². The highest BCUT2D eigenvalue weighted by atomic mass is 32.1. The molecule has 18 heteroatoms. The maximum absolute atomic E-state index is 16.9. The number of amides is 4. The summed E-state index contributed by atoms with van der Waals surface area (Å²) in [4.78, 5) is 73.8. The number of alkyl carbamates (subject to hydrolysis) is 2. The molecule has 3 aliphatic rings. The summed E-state index contributed by atoms with van der Waals surface area (Å²) in [5, 5.41) is 6.27. The molecular formula is C49H56FN9O7S. The molecule has 67 heavy (non-hydrogen) atoms. The predicted octanol–water partition coefficient (Wildman–Crippen LogP) is 8.88. The van der Waals surface area contributed by atoms with Crippen molar-refractivity contribution in [2.75, 3.05) is 27.3 Å². The van der Waals surface area contributed by atoms with Gasteiger partial charge in [-0.15, -0.1) is 11.3 Å². The van der Waals surface area contributed by atoms with E-state index < -0.39 is 36.3 Å². The third-order valence-electron chi connectivity index (χ3n) is 13.2. The molecule has 9 rings (SSSR count). The second kappa shape index (κ2) is 18.5. The number of nitrogens with zero attached hydrogens (tertiary/aromatic N) is 5. The zero-order valence-corrected chi connectivity index (χ0v) is 39.5. The number of aromatic amines is 2. The molecule has 0 bridgehead atoms. The number of nitrogens with one attached hydrogen (secondary N) is 4. The van der Waals surface area contributed by atoms with Gasteiger partial charge in [0.25, 0.3) is 0 Å². The number of fused-ring (bicyclic) bond motifs is 5. The van der Waals surface area contributed by atoms with Crippen LogP contribution in [0.5, 0.6) is 5.75 Å². The van der Waals surface area contributed by atoms with Gasteiger partial charge in [0.2, 0.25) is 18.0 Å². The molecule has 0 spiro atoms. The Bertz CT molecular complexity index is 2850. The lowest BCUT2D eigenvalue weighted by Gasteiger charge is -2.30. The molecule has 2 saturated heterocycles. The molecule has 16 nitrogen and oxygen atoms in total. The van der Waals surface area contributed by atoms with Crippen LogP contribution in [-0.4, -0.2) is 97.7 Å². The Kier molecular flexibility index (Phi) is 12.6. The molecule has 6 aromatic rings. The van der Waals surface area contributed by atoms with Gasteiger partial charge in [-0.25, -0.2) is 23.9 Å². The van der Waals surface area contributed by atoms with Crippen LogP contribution in [0, 0.1) is 17.7 Å². The predicted molar refractivity (Wildman–Crippen MR) is 251 cm³/mol. The van der Waals surface area contributed by atoms with Crippen LogP contribution in [0.3, 0.4) is 0 Å². The molecule has 1 unspecified atom stereocenters. The van der Waals surface area contributed by atoms with E-state index in [9.17, 15) is 19.2 Å². The van der Waals surface area contributed by atoms with Gasteiger partial charge in [-0.05, 0) is 86.4 Å². The van der Waals surface area contributed by atoms with Crippen LogP contribution < -0.4 is 15.4 Å². The number of ether oxygens (including phenoxy) is 3. The highest BCUT2D eigenvalue weighted by molar-refractivity contribution is 7.12. The molecule has 4 amide bonds. The summed E-state index contributed by atoms with van der Waals surface area (Å²) in [5.41, 5.74) is 4.63. The first-order chi connectivity index (χ1) is 32.3. The van der Waals surface area contributed by atoms with Gasteiger partial charge in [-0.2, -0.15) is 0 Å². The fourth-order valence-electron chi connectivity index (χ4n) is 9.69. The molecule has 2 aromatic carbocycles. The summed E-state index contributed by atoms with van der Waals surface area (Å²) in [5.74, 6) is 0.440. The van der Waals surface area contributed by atoms with Crippen LogP contribution in [0.15, 0.2) is 60.9 Å². The van der Waals surface area contributed by atoms with Crippen molar-refractivity contribution in [3.8, 4) is 39.5 Å². The number of thiophene rings is 1. The number of benzene rings is 2. The lowest BCUT2D eigenvalue weighted by atomic mass is 10.0. The Labute approximate surface area is 391 Å². The van der Waals surface area contributed by atoms with Gasteiger partial charge in [0.15, 0.2) is 0 Å². The van der Waals surface area contributed by atoms with E-state index in [2.05, 4.69) is 50.3 Å². The summed E-state index contributed by atoms with van der Waals surface area (Å²) >= 11 is 1.66. The van der Waals surface area contributed by atoms with E-state index in [-0.39, 0.29) is 35.7 Å². The van der Waals surface area contributed by atoms with Crippen molar-refractivity contribution < 1.29 is 37.8 Å². The van der Waals surface area contributed by atoms with Crippen molar-refractivity contribution in [3.63, 3.8) is 0 Å². The van der Waals surface area contributed by atoms with Gasteiger partial charge in [0, 0.05) is 34.5 Å². The molecule has 0 radical (unpaired) electrons. The van der Waals surface area contributed by atoms with Gasteiger partial charge in [0.1, 0.15) is 35.3 Å². The molecule has 5 atom stereocenters. The summed E-state index contributed by atoms with van der Waals surface area (Å²) in [6, 6.07) is 13.4. The Morgan fingerprint density at radius 1 is 0.806 bits per heavy atom. The molecule has 352 valence electrons. The fourth-order valence-corrected chi connectivity index (χ4v) is 10.7. The maximum Gasteiger partial charge on any atom is 0.407 e. The lowest BCUT2D eigenvalue weighted by molar-refractivity contribution is -0.136. The lowest BCUT2D eigenvalue weighted by Crippen LogP contribution is -2.51. The van der Waals surface area contributed by atoms with Gasteiger partial charge < -0.3 is 44.6 Å². The summed E-state index contributed by atoms with van der Waals surface area (Å²) in [7, 11) is 2.55. The number of halogens is 1. The number of rotatable bonds is 12. The first-order valence-electron chi connectivity index (χ1n) is 22.9. The zero-order chi connectivity index (χ0) is 47.3. The van der Waals surface area contributed by atoms with Crippen molar-refractivity contribution in [2.45, 2.75) is 97.1 Å². The number of hydrogen-bond acceptors (Lipinski definition) is 10. The number of methoxy groups -OCH3 is 2. The highest BCUT2D eigenvalue weighted by Crippen LogP contribution is 2.48. The number of likely N-dealkylation sites (tertiary alicyclic amines) is 2. The molecular weight excluding hydrogens is 878 g/mol. The van der Waals surface area contributed by atoms with Gasteiger partial charge in [-0.3, -0.25) is 14.2 Å².